The maximum absolute atomic E-state index is 12.2. The number of imidazole rings is 1. The molecule has 1 aliphatic carbocycles. The lowest BCUT2D eigenvalue weighted by molar-refractivity contribution is -0.119. The number of rotatable bonds is 4. The van der Waals surface area contributed by atoms with Crippen molar-refractivity contribution in [2.45, 2.75) is 65.5 Å². The number of hydrogen-bond donors (Lipinski definition) is 2. The van der Waals surface area contributed by atoms with Gasteiger partial charge in [0.05, 0.1) is 29.6 Å². The first-order chi connectivity index (χ1) is 11.3. The van der Waals surface area contributed by atoms with Crippen LogP contribution < -0.4 is 5.32 Å². The van der Waals surface area contributed by atoms with E-state index in [9.17, 15) is 9.90 Å². The Morgan fingerprint density at radius 3 is 2.68 bits per heavy atom. The Morgan fingerprint density at radius 1 is 1.48 bits per heavy atom. The highest BCUT2D eigenvalue weighted by Gasteiger charge is 2.27. The number of amides is 1. The fraction of sp³-hybridized carbons (Fsp3) is 0.526. The molecule has 0 atom stereocenters. The van der Waals surface area contributed by atoms with Crippen molar-refractivity contribution in [3.63, 3.8) is 0 Å². The van der Waals surface area contributed by atoms with Gasteiger partial charge in [-0.1, -0.05) is 7.43 Å². The summed E-state index contributed by atoms with van der Waals surface area (Å²) in [4.78, 5) is 20.3. The fourth-order valence-electron chi connectivity index (χ4n) is 3.02. The smallest absolute Gasteiger partial charge is 0.229 e. The third-order valence-corrected chi connectivity index (χ3v) is 4.41. The predicted molar refractivity (Wildman–Crippen MR) is 99.9 cm³/mol. The lowest BCUT2D eigenvalue weighted by atomic mass is 9.92. The van der Waals surface area contributed by atoms with E-state index in [0.29, 0.717) is 17.7 Å². The van der Waals surface area contributed by atoms with Crippen LogP contribution in [-0.2, 0) is 4.79 Å². The number of aryl methyl sites for hydroxylation is 1. The Hall–Kier alpha value is -2.39. The van der Waals surface area contributed by atoms with Crippen LogP contribution >= 0.6 is 0 Å². The molecule has 0 radical (unpaired) electrons. The summed E-state index contributed by atoms with van der Waals surface area (Å²) in [7, 11) is 0. The monoisotopic (exact) mass is 342 g/mol. The quantitative estimate of drug-likeness (QED) is 0.811. The zero-order chi connectivity index (χ0) is 17.5. The zero-order valence-corrected chi connectivity index (χ0v) is 14.3. The van der Waals surface area contributed by atoms with Gasteiger partial charge in [0.25, 0.3) is 0 Å². The number of carbonyl (C=O) groups excluding carboxylic acids is 1. The molecule has 134 valence electrons. The van der Waals surface area contributed by atoms with Crippen molar-refractivity contribution in [1.82, 2.24) is 9.55 Å². The van der Waals surface area contributed by atoms with Gasteiger partial charge in [-0.05, 0) is 57.7 Å². The molecule has 2 N–H and O–H groups in total. The summed E-state index contributed by atoms with van der Waals surface area (Å²) >= 11 is 0. The normalized spacial score (nSPS) is 14.5. The van der Waals surface area contributed by atoms with Crippen LogP contribution in [0.1, 0.15) is 58.6 Å². The SMILES string of the molecule is C.[C-]#[N+]c1cc2c(cc1C)nc(NC(=O)CC(C)(C)O)n2C1CCC1. The van der Waals surface area contributed by atoms with Crippen LogP contribution in [0.5, 0.6) is 0 Å². The molecule has 1 saturated carbocycles. The summed E-state index contributed by atoms with van der Waals surface area (Å²) in [5.41, 5.74) is 2.09. The summed E-state index contributed by atoms with van der Waals surface area (Å²) in [5.74, 6) is 0.242. The molecule has 0 saturated heterocycles. The van der Waals surface area contributed by atoms with E-state index < -0.39 is 5.60 Å². The number of aromatic nitrogens is 2. The maximum Gasteiger partial charge on any atom is 0.229 e. The molecular weight excluding hydrogens is 316 g/mol. The van der Waals surface area contributed by atoms with Crippen molar-refractivity contribution in [3.8, 4) is 0 Å². The van der Waals surface area contributed by atoms with Gasteiger partial charge >= 0.3 is 0 Å². The zero-order valence-electron chi connectivity index (χ0n) is 14.3. The number of nitrogens with one attached hydrogen (secondary N) is 1. The third kappa shape index (κ3) is 3.83. The van der Waals surface area contributed by atoms with Crippen LogP contribution in [0, 0.1) is 13.5 Å². The highest BCUT2D eigenvalue weighted by Crippen LogP contribution is 2.38. The molecule has 1 amide bonds. The van der Waals surface area contributed by atoms with Gasteiger partial charge in [-0.15, -0.1) is 0 Å². The van der Waals surface area contributed by atoms with Gasteiger partial charge in [-0.3, -0.25) is 10.1 Å². The van der Waals surface area contributed by atoms with Gasteiger partial charge in [-0.2, -0.15) is 0 Å². The highest BCUT2D eigenvalue weighted by atomic mass is 16.3. The molecule has 1 aliphatic rings. The number of carbonyl (C=O) groups is 1. The molecule has 0 spiro atoms. The second-order valence-corrected chi connectivity index (χ2v) is 7.17. The molecule has 6 nitrogen and oxygen atoms in total. The minimum Gasteiger partial charge on any atom is -0.390 e. The second kappa shape index (κ2) is 6.85. The van der Waals surface area contributed by atoms with Crippen LogP contribution in [0.15, 0.2) is 12.1 Å². The van der Waals surface area contributed by atoms with E-state index in [0.717, 1.165) is 35.9 Å². The summed E-state index contributed by atoms with van der Waals surface area (Å²) in [6.07, 6.45) is 3.25. The van der Waals surface area contributed by atoms with Gasteiger partial charge in [-0.25, -0.2) is 9.83 Å². The molecule has 0 aliphatic heterocycles. The van der Waals surface area contributed by atoms with E-state index in [4.69, 9.17) is 6.57 Å². The number of fused-ring (bicyclic) bond motifs is 1. The molecule has 3 rings (SSSR count). The van der Waals surface area contributed by atoms with Crippen molar-refractivity contribution < 1.29 is 9.90 Å². The van der Waals surface area contributed by atoms with Crippen LogP contribution in [0.3, 0.4) is 0 Å². The van der Waals surface area contributed by atoms with Crippen LogP contribution in [-0.4, -0.2) is 26.2 Å². The maximum atomic E-state index is 12.2. The molecular formula is C19H26N4O2. The molecule has 6 heteroatoms. The first kappa shape index (κ1) is 18.9. The van der Waals surface area contributed by atoms with Crippen LogP contribution in [0.4, 0.5) is 11.6 Å². The highest BCUT2D eigenvalue weighted by molar-refractivity contribution is 5.93. The van der Waals surface area contributed by atoms with E-state index in [1.54, 1.807) is 13.8 Å². The number of benzene rings is 1. The summed E-state index contributed by atoms with van der Waals surface area (Å²) in [6, 6.07) is 4.05. The molecule has 0 unspecified atom stereocenters. The fourth-order valence-corrected chi connectivity index (χ4v) is 3.02. The van der Waals surface area contributed by atoms with E-state index in [1.165, 1.54) is 0 Å². The van der Waals surface area contributed by atoms with E-state index >= 15 is 0 Å². The summed E-state index contributed by atoms with van der Waals surface area (Å²) < 4.78 is 2.04. The van der Waals surface area contributed by atoms with Crippen molar-refractivity contribution >= 4 is 28.6 Å². The van der Waals surface area contributed by atoms with Crippen molar-refractivity contribution in [2.24, 2.45) is 0 Å². The number of nitrogens with zero attached hydrogens (tertiary/aromatic N) is 3. The van der Waals surface area contributed by atoms with E-state index in [1.807, 2.05) is 23.6 Å². The second-order valence-electron chi connectivity index (χ2n) is 7.17. The third-order valence-electron chi connectivity index (χ3n) is 4.41. The Kier molecular flexibility index (Phi) is 5.19. The minimum atomic E-state index is -1.06. The first-order valence-electron chi connectivity index (χ1n) is 8.21. The topological polar surface area (TPSA) is 71.5 Å². The van der Waals surface area contributed by atoms with Gasteiger partial charge in [0.15, 0.2) is 5.69 Å². The van der Waals surface area contributed by atoms with Crippen molar-refractivity contribution in [3.05, 3.63) is 29.1 Å². The Morgan fingerprint density at radius 2 is 2.16 bits per heavy atom. The largest absolute Gasteiger partial charge is 0.390 e. The lowest BCUT2D eigenvalue weighted by Crippen LogP contribution is -2.29. The van der Waals surface area contributed by atoms with Crippen LogP contribution in [0.25, 0.3) is 15.9 Å². The molecule has 2 aromatic rings. The lowest BCUT2D eigenvalue weighted by Gasteiger charge is -2.29. The average molecular weight is 342 g/mol. The molecule has 1 heterocycles. The summed E-state index contributed by atoms with van der Waals surface area (Å²) in [5, 5.41) is 12.7. The van der Waals surface area contributed by atoms with Gasteiger partial charge in [0.2, 0.25) is 11.9 Å². The number of anilines is 1. The van der Waals surface area contributed by atoms with Gasteiger partial charge in [0, 0.05) is 6.04 Å². The van der Waals surface area contributed by atoms with Crippen LogP contribution in [0.2, 0.25) is 0 Å². The van der Waals surface area contributed by atoms with Crippen molar-refractivity contribution in [1.29, 1.82) is 0 Å². The minimum absolute atomic E-state index is 0. The molecule has 1 aromatic heterocycles. The summed E-state index contributed by atoms with van der Waals surface area (Å²) in [6.45, 7) is 12.4. The van der Waals surface area contributed by atoms with Gasteiger partial charge in [0.1, 0.15) is 0 Å². The molecule has 0 bridgehead atoms. The van der Waals surface area contributed by atoms with Crippen molar-refractivity contribution in [2.75, 3.05) is 5.32 Å². The molecule has 1 aromatic carbocycles. The standard InChI is InChI=1S/C18H22N4O2.CH4/c1-11-8-14-15(9-13(11)19-4)22(12-6-5-7-12)17(20-14)21-16(23)10-18(2,3)24;/h8-9,12,24H,5-7,10H2,1-3H3,(H,20,21,23);1H4. The average Bonchev–Trinajstić information content (AvgIpc) is 2.71. The van der Waals surface area contributed by atoms with Gasteiger partial charge < -0.3 is 9.67 Å². The Balaban J connectivity index is 0.00000225. The number of aliphatic hydroxyl groups is 1. The predicted octanol–water partition coefficient (Wildman–Crippen LogP) is 4.36. The Bertz CT molecular complexity index is 836. The van der Waals surface area contributed by atoms with E-state index in [-0.39, 0.29) is 19.8 Å². The first-order valence-corrected chi connectivity index (χ1v) is 8.21. The molecule has 1 fully saturated rings. The van der Waals surface area contributed by atoms with E-state index in [2.05, 4.69) is 15.1 Å². The Labute approximate surface area is 148 Å². The molecule has 25 heavy (non-hydrogen) atoms. The number of hydrogen-bond acceptors (Lipinski definition) is 3.